The molecule has 2 atom stereocenters. The summed E-state index contributed by atoms with van der Waals surface area (Å²) >= 11 is 0. The Morgan fingerprint density at radius 3 is 2.11 bits per heavy atom. The van der Waals surface area contributed by atoms with E-state index in [-0.39, 0.29) is 16.8 Å². The van der Waals surface area contributed by atoms with E-state index in [1.54, 1.807) is 50.6 Å². The third-order valence-electron chi connectivity index (χ3n) is 6.90. The van der Waals surface area contributed by atoms with Crippen LogP contribution in [0.3, 0.4) is 0 Å². The van der Waals surface area contributed by atoms with Crippen LogP contribution in [0.2, 0.25) is 0 Å². The molecular weight excluding hydrogens is 480 g/mol. The zero-order valence-corrected chi connectivity index (χ0v) is 20.8. The number of carbonyl (C=O) groups is 1. The van der Waals surface area contributed by atoms with Crippen molar-refractivity contribution in [3.63, 3.8) is 0 Å². The number of benzene rings is 4. The number of rotatable bonds is 5. The van der Waals surface area contributed by atoms with Gasteiger partial charge in [0.15, 0.2) is 11.2 Å². The first kappa shape index (κ1) is 23.6. The molecule has 2 heterocycles. The highest BCUT2D eigenvalue weighted by atomic mass is 16.5. The third kappa shape index (κ3) is 3.91. The third-order valence-corrected chi connectivity index (χ3v) is 6.90. The molecule has 188 valence electrons. The summed E-state index contributed by atoms with van der Waals surface area (Å²) in [4.78, 5) is 28.5. The van der Waals surface area contributed by atoms with Crippen LogP contribution in [0.15, 0.2) is 106 Å². The van der Waals surface area contributed by atoms with E-state index in [2.05, 4.69) is 0 Å². The Bertz CT molecular complexity index is 1710. The summed E-state index contributed by atoms with van der Waals surface area (Å²) in [7, 11) is 3.12. The Morgan fingerprint density at radius 2 is 1.39 bits per heavy atom. The van der Waals surface area contributed by atoms with Crippen LogP contribution in [0.1, 0.15) is 33.5 Å². The molecule has 6 nitrogen and oxygen atoms in total. The predicted molar refractivity (Wildman–Crippen MR) is 144 cm³/mol. The Hall–Kier alpha value is -4.84. The quantitative estimate of drug-likeness (QED) is 0.269. The van der Waals surface area contributed by atoms with Gasteiger partial charge in [-0.1, -0.05) is 60.7 Å². The molecule has 0 saturated carbocycles. The lowest BCUT2D eigenvalue weighted by Crippen LogP contribution is -2.33. The molecule has 0 radical (unpaired) electrons. The second-order valence-electron chi connectivity index (χ2n) is 9.06. The number of hydrogen-bond donors (Lipinski definition) is 0. The molecule has 1 aromatic heterocycles. The second-order valence-corrected chi connectivity index (χ2v) is 9.06. The van der Waals surface area contributed by atoms with Gasteiger partial charge in [-0.2, -0.15) is 0 Å². The summed E-state index contributed by atoms with van der Waals surface area (Å²) in [5, 5.41) is 0.362. The van der Waals surface area contributed by atoms with E-state index in [9.17, 15) is 9.59 Å². The van der Waals surface area contributed by atoms with E-state index < -0.39 is 12.0 Å². The zero-order chi connectivity index (χ0) is 26.2. The minimum atomic E-state index is -0.948. The van der Waals surface area contributed by atoms with Crippen molar-refractivity contribution in [3.05, 3.63) is 124 Å². The van der Waals surface area contributed by atoms with Crippen molar-refractivity contribution in [1.29, 1.82) is 0 Å². The maximum Gasteiger partial charge on any atom is 0.197 e. The molecule has 1 aliphatic heterocycles. The molecule has 0 fully saturated rings. The Labute approximate surface area is 219 Å². The normalized spacial score (nSPS) is 16.5. The van der Waals surface area contributed by atoms with Crippen molar-refractivity contribution in [1.82, 2.24) is 0 Å². The maximum absolute atomic E-state index is 14.3. The van der Waals surface area contributed by atoms with Crippen LogP contribution >= 0.6 is 0 Å². The Morgan fingerprint density at radius 1 is 0.737 bits per heavy atom. The molecule has 5 aromatic rings. The molecule has 6 heteroatoms. The van der Waals surface area contributed by atoms with Crippen LogP contribution in [0.5, 0.6) is 17.2 Å². The molecular formula is C32H24O6. The predicted octanol–water partition coefficient (Wildman–Crippen LogP) is 6.58. The van der Waals surface area contributed by atoms with Gasteiger partial charge < -0.3 is 18.6 Å². The summed E-state index contributed by atoms with van der Waals surface area (Å²) in [5.41, 5.74) is 2.19. The highest BCUT2D eigenvalue weighted by Crippen LogP contribution is 2.46. The number of ether oxygens (including phenoxy) is 3. The van der Waals surface area contributed by atoms with Gasteiger partial charge in [0.1, 0.15) is 34.7 Å². The molecule has 6 rings (SSSR count). The number of hydrogen-bond acceptors (Lipinski definition) is 6. The van der Waals surface area contributed by atoms with Crippen molar-refractivity contribution in [2.75, 3.05) is 14.2 Å². The standard InChI is InChI=1S/C32H24O6/c1-35-21-13-15-23-25(17-21)37-31(19-9-5-3-6-10-19)27(29(23)33)28-30(34)24-16-14-22(36-2)18-26(24)38-32(28)20-11-7-4-8-12-20/h3-18,27,31H,1-2H3. The highest BCUT2D eigenvalue weighted by Gasteiger charge is 2.43. The van der Waals surface area contributed by atoms with E-state index in [0.717, 1.165) is 5.56 Å². The summed E-state index contributed by atoms with van der Waals surface area (Å²) in [6.07, 6.45) is -0.760. The zero-order valence-electron chi connectivity index (χ0n) is 20.8. The van der Waals surface area contributed by atoms with E-state index in [1.807, 2.05) is 60.7 Å². The van der Waals surface area contributed by atoms with E-state index in [1.165, 1.54) is 0 Å². The number of fused-ring (bicyclic) bond motifs is 2. The van der Waals surface area contributed by atoms with Crippen molar-refractivity contribution < 1.29 is 23.4 Å². The van der Waals surface area contributed by atoms with Gasteiger partial charge in [0.2, 0.25) is 0 Å². The highest BCUT2D eigenvalue weighted by molar-refractivity contribution is 6.06. The molecule has 1 aliphatic rings. The van der Waals surface area contributed by atoms with Gasteiger partial charge in [-0.15, -0.1) is 0 Å². The maximum atomic E-state index is 14.3. The number of methoxy groups -OCH3 is 2. The minimum Gasteiger partial charge on any atom is -0.497 e. The van der Waals surface area contributed by atoms with Gasteiger partial charge in [0.25, 0.3) is 0 Å². The van der Waals surface area contributed by atoms with Gasteiger partial charge in [0.05, 0.1) is 36.7 Å². The largest absolute Gasteiger partial charge is 0.497 e. The first-order valence-electron chi connectivity index (χ1n) is 12.2. The van der Waals surface area contributed by atoms with E-state index >= 15 is 0 Å². The Balaban J connectivity index is 1.66. The van der Waals surface area contributed by atoms with Gasteiger partial charge in [-0.25, -0.2) is 0 Å². The molecule has 0 amide bonds. The molecule has 0 bridgehead atoms. The topological polar surface area (TPSA) is 75.0 Å². The van der Waals surface area contributed by atoms with Crippen molar-refractivity contribution in [2.45, 2.75) is 12.0 Å². The molecule has 4 aromatic carbocycles. The van der Waals surface area contributed by atoms with Gasteiger partial charge in [-0.3, -0.25) is 9.59 Å². The summed E-state index contributed by atoms with van der Waals surface area (Å²) in [6, 6.07) is 28.9. The summed E-state index contributed by atoms with van der Waals surface area (Å²) < 4.78 is 23.6. The van der Waals surface area contributed by atoms with Crippen LogP contribution < -0.4 is 19.6 Å². The van der Waals surface area contributed by atoms with Crippen LogP contribution in [0, 0.1) is 0 Å². The van der Waals surface area contributed by atoms with Crippen LogP contribution in [-0.2, 0) is 0 Å². The minimum absolute atomic E-state index is 0.222. The monoisotopic (exact) mass is 504 g/mol. The Kier molecular flexibility index (Phi) is 5.92. The lowest BCUT2D eigenvalue weighted by Gasteiger charge is -2.33. The van der Waals surface area contributed by atoms with Crippen LogP contribution in [0.25, 0.3) is 22.3 Å². The van der Waals surface area contributed by atoms with Crippen LogP contribution in [0.4, 0.5) is 0 Å². The molecule has 0 saturated heterocycles. The van der Waals surface area contributed by atoms with E-state index in [0.29, 0.717) is 45.1 Å². The second kappa shape index (κ2) is 9.56. The first-order chi connectivity index (χ1) is 18.6. The lowest BCUT2D eigenvalue weighted by atomic mass is 9.79. The van der Waals surface area contributed by atoms with Gasteiger partial charge >= 0.3 is 0 Å². The van der Waals surface area contributed by atoms with Crippen molar-refractivity contribution in [2.24, 2.45) is 0 Å². The smallest absolute Gasteiger partial charge is 0.197 e. The SMILES string of the molecule is COc1ccc2c(c1)OC(c1ccccc1)C(c1c(-c3ccccc3)oc3cc(OC)ccc3c1=O)C2=O. The fourth-order valence-corrected chi connectivity index (χ4v) is 5.03. The number of carbonyl (C=O) groups excluding carboxylic acids is 1. The molecule has 38 heavy (non-hydrogen) atoms. The summed E-state index contributed by atoms with van der Waals surface area (Å²) in [6.45, 7) is 0. The van der Waals surface area contributed by atoms with Crippen LogP contribution in [-0.4, -0.2) is 20.0 Å². The molecule has 0 aliphatic carbocycles. The lowest BCUT2D eigenvalue weighted by molar-refractivity contribution is 0.0778. The van der Waals surface area contributed by atoms with Gasteiger partial charge in [-0.05, 0) is 29.8 Å². The molecule has 0 N–H and O–H groups in total. The summed E-state index contributed by atoms with van der Waals surface area (Å²) in [5.74, 6) is 0.712. The first-order valence-corrected chi connectivity index (χ1v) is 12.2. The van der Waals surface area contributed by atoms with Gasteiger partial charge in [0, 0.05) is 17.7 Å². The average Bonchev–Trinajstić information content (AvgIpc) is 2.97. The van der Waals surface area contributed by atoms with E-state index in [4.69, 9.17) is 18.6 Å². The molecule has 2 unspecified atom stereocenters. The van der Waals surface area contributed by atoms with Crippen molar-refractivity contribution >= 4 is 16.8 Å². The number of ketones is 1. The fourth-order valence-electron chi connectivity index (χ4n) is 5.03. The fraction of sp³-hybridized carbons (Fsp3) is 0.125. The van der Waals surface area contributed by atoms with Crippen molar-refractivity contribution in [3.8, 4) is 28.6 Å². The molecule has 0 spiro atoms. The average molecular weight is 505 g/mol. The number of Topliss-reactive ketones (excluding diaryl/α,β-unsaturated/α-hetero) is 1.